The van der Waals surface area contributed by atoms with Gasteiger partial charge in [-0.05, 0) is 31.2 Å². The van der Waals surface area contributed by atoms with E-state index in [1.165, 1.54) is 16.8 Å². The van der Waals surface area contributed by atoms with E-state index in [9.17, 15) is 9.18 Å². The van der Waals surface area contributed by atoms with E-state index >= 15 is 0 Å². The number of rotatable bonds is 3. The summed E-state index contributed by atoms with van der Waals surface area (Å²) >= 11 is 0. The van der Waals surface area contributed by atoms with Crippen LogP contribution in [-0.4, -0.2) is 17.1 Å². The van der Waals surface area contributed by atoms with E-state index in [-0.39, 0.29) is 29.2 Å². The Kier molecular flexibility index (Phi) is 3.71. The highest BCUT2D eigenvalue weighted by Gasteiger charge is 2.17. The summed E-state index contributed by atoms with van der Waals surface area (Å²) < 4.78 is 20.2. The number of nitrogens with zero attached hydrogens (tertiary/aromatic N) is 2. The average Bonchev–Trinajstić information content (AvgIpc) is 2.87. The summed E-state index contributed by atoms with van der Waals surface area (Å²) in [5.41, 5.74) is 6.02. The minimum Gasteiger partial charge on any atom is -0.462 e. The fourth-order valence-electron chi connectivity index (χ4n) is 1.83. The number of ether oxygens (including phenoxy) is 1. The van der Waals surface area contributed by atoms with Crippen LogP contribution < -0.4 is 5.73 Å². The third-order valence-electron chi connectivity index (χ3n) is 2.74. The molecule has 6 heteroatoms. The molecule has 0 atom stereocenters. The van der Waals surface area contributed by atoms with Crippen LogP contribution in [0.1, 0.15) is 23.0 Å². The molecule has 0 amide bonds. The van der Waals surface area contributed by atoms with E-state index in [0.717, 1.165) is 6.07 Å². The quantitative estimate of drug-likeness (QED) is 0.687. The molecule has 0 spiro atoms. The third kappa shape index (κ3) is 2.34. The number of hydrogen-bond acceptors (Lipinski definition) is 4. The number of aromatic nitrogens is 1. The van der Waals surface area contributed by atoms with Gasteiger partial charge in [-0.2, -0.15) is 5.26 Å². The molecule has 0 radical (unpaired) electrons. The molecule has 0 saturated heterocycles. The van der Waals surface area contributed by atoms with Gasteiger partial charge in [-0.25, -0.2) is 9.18 Å². The molecule has 5 nitrogen and oxygen atoms in total. The SMILES string of the molecule is CCOC(=O)c1cc(-n2cccc2C#N)c(F)cc1N. The van der Waals surface area contributed by atoms with Gasteiger partial charge >= 0.3 is 5.97 Å². The molecule has 102 valence electrons. The molecule has 0 bridgehead atoms. The molecule has 2 rings (SSSR count). The normalized spacial score (nSPS) is 10.1. The van der Waals surface area contributed by atoms with Crippen LogP contribution in [0.15, 0.2) is 30.5 Å². The van der Waals surface area contributed by atoms with Gasteiger partial charge < -0.3 is 15.0 Å². The Balaban J connectivity index is 2.58. The molecule has 20 heavy (non-hydrogen) atoms. The number of nitrogens with two attached hydrogens (primary N) is 1. The summed E-state index contributed by atoms with van der Waals surface area (Å²) in [6.45, 7) is 1.86. The number of halogens is 1. The Morgan fingerprint density at radius 2 is 2.30 bits per heavy atom. The summed E-state index contributed by atoms with van der Waals surface area (Å²) in [6.07, 6.45) is 1.53. The van der Waals surface area contributed by atoms with Gasteiger partial charge in [0.2, 0.25) is 0 Å². The van der Waals surface area contributed by atoms with E-state index in [4.69, 9.17) is 15.7 Å². The molecule has 0 aliphatic heterocycles. The topological polar surface area (TPSA) is 81.0 Å². The summed E-state index contributed by atoms with van der Waals surface area (Å²) in [6, 6.07) is 7.42. The van der Waals surface area contributed by atoms with Gasteiger partial charge in [0.25, 0.3) is 0 Å². The zero-order valence-corrected chi connectivity index (χ0v) is 10.8. The summed E-state index contributed by atoms with van der Waals surface area (Å²) in [5.74, 6) is -1.25. The van der Waals surface area contributed by atoms with Crippen molar-refractivity contribution < 1.29 is 13.9 Å². The highest BCUT2D eigenvalue weighted by molar-refractivity contribution is 5.95. The second-order valence-electron chi connectivity index (χ2n) is 3.99. The summed E-state index contributed by atoms with van der Waals surface area (Å²) in [5, 5.41) is 8.97. The Hall–Kier alpha value is -2.81. The maximum atomic E-state index is 14.0. The summed E-state index contributed by atoms with van der Waals surface area (Å²) in [7, 11) is 0. The lowest BCUT2D eigenvalue weighted by Gasteiger charge is -2.11. The highest BCUT2D eigenvalue weighted by Crippen LogP contribution is 2.23. The predicted octanol–water partition coefficient (Wildman–Crippen LogP) is 2.25. The first-order valence-electron chi connectivity index (χ1n) is 5.92. The third-order valence-corrected chi connectivity index (χ3v) is 2.74. The van der Waals surface area contributed by atoms with Crippen LogP contribution in [0.5, 0.6) is 0 Å². The lowest BCUT2D eigenvalue weighted by molar-refractivity contribution is 0.0527. The van der Waals surface area contributed by atoms with E-state index in [0.29, 0.717) is 0 Å². The van der Waals surface area contributed by atoms with Crippen molar-refractivity contribution in [1.82, 2.24) is 4.57 Å². The molecule has 2 aromatic rings. The Morgan fingerprint density at radius 3 is 2.95 bits per heavy atom. The number of nitriles is 1. The van der Waals surface area contributed by atoms with Crippen LogP contribution in [0.2, 0.25) is 0 Å². The number of nitrogen functional groups attached to an aromatic ring is 1. The smallest absolute Gasteiger partial charge is 0.340 e. The zero-order chi connectivity index (χ0) is 14.7. The molecular formula is C14H12FN3O2. The van der Waals surface area contributed by atoms with Crippen LogP contribution in [-0.2, 0) is 4.74 Å². The number of anilines is 1. The minimum atomic E-state index is -0.628. The van der Waals surface area contributed by atoms with Gasteiger partial charge in [-0.15, -0.1) is 0 Å². The van der Waals surface area contributed by atoms with Gasteiger partial charge in [0.1, 0.15) is 17.6 Å². The highest BCUT2D eigenvalue weighted by atomic mass is 19.1. The molecular weight excluding hydrogens is 261 g/mol. The van der Waals surface area contributed by atoms with E-state index in [1.54, 1.807) is 19.1 Å². The fourth-order valence-corrected chi connectivity index (χ4v) is 1.83. The number of carbonyl (C=O) groups excluding carboxylic acids is 1. The predicted molar refractivity (Wildman–Crippen MR) is 70.8 cm³/mol. The second-order valence-corrected chi connectivity index (χ2v) is 3.99. The monoisotopic (exact) mass is 273 g/mol. The molecule has 2 N–H and O–H groups in total. The lowest BCUT2D eigenvalue weighted by atomic mass is 10.1. The van der Waals surface area contributed by atoms with Crippen LogP contribution >= 0.6 is 0 Å². The Labute approximate surface area is 115 Å². The van der Waals surface area contributed by atoms with Gasteiger partial charge in [0.05, 0.1) is 17.9 Å². The van der Waals surface area contributed by atoms with Crippen LogP contribution in [0.4, 0.5) is 10.1 Å². The Bertz CT molecular complexity index is 701. The lowest BCUT2D eigenvalue weighted by Crippen LogP contribution is -2.10. The van der Waals surface area contributed by atoms with E-state index in [2.05, 4.69) is 0 Å². The molecule has 0 aliphatic carbocycles. The number of esters is 1. The minimum absolute atomic E-state index is 0.00429. The van der Waals surface area contributed by atoms with Gasteiger partial charge in [-0.1, -0.05) is 0 Å². The molecule has 1 aromatic heterocycles. The van der Waals surface area contributed by atoms with Crippen molar-refractivity contribution in [3.8, 4) is 11.8 Å². The largest absolute Gasteiger partial charge is 0.462 e. The van der Waals surface area contributed by atoms with Crippen molar-refractivity contribution in [2.75, 3.05) is 12.3 Å². The van der Waals surface area contributed by atoms with Gasteiger partial charge in [0.15, 0.2) is 0 Å². The number of benzene rings is 1. The number of carbonyl (C=O) groups is 1. The van der Waals surface area contributed by atoms with Crippen molar-refractivity contribution in [2.24, 2.45) is 0 Å². The molecule has 0 unspecified atom stereocenters. The maximum absolute atomic E-state index is 14.0. The number of hydrogen-bond donors (Lipinski definition) is 1. The average molecular weight is 273 g/mol. The van der Waals surface area contributed by atoms with Crippen molar-refractivity contribution in [3.05, 3.63) is 47.5 Å². The first-order valence-corrected chi connectivity index (χ1v) is 5.92. The molecule has 0 saturated carbocycles. The van der Waals surface area contributed by atoms with Gasteiger partial charge in [0, 0.05) is 11.9 Å². The van der Waals surface area contributed by atoms with Crippen LogP contribution in [0.25, 0.3) is 5.69 Å². The zero-order valence-electron chi connectivity index (χ0n) is 10.8. The first-order chi connectivity index (χ1) is 9.58. The Morgan fingerprint density at radius 1 is 1.55 bits per heavy atom. The van der Waals surface area contributed by atoms with Crippen molar-refractivity contribution >= 4 is 11.7 Å². The molecule has 1 aromatic carbocycles. The van der Waals surface area contributed by atoms with E-state index in [1.807, 2.05) is 6.07 Å². The standard InChI is InChI=1S/C14H12FN3O2/c1-2-20-14(19)10-6-13(11(15)7-12(10)17)18-5-3-4-9(18)8-16/h3-7H,2,17H2,1H3. The van der Waals surface area contributed by atoms with Crippen molar-refractivity contribution in [2.45, 2.75) is 6.92 Å². The first kappa shape index (κ1) is 13.6. The molecule has 1 heterocycles. The van der Waals surface area contributed by atoms with Crippen molar-refractivity contribution in [3.63, 3.8) is 0 Å². The summed E-state index contributed by atoms with van der Waals surface area (Å²) in [4.78, 5) is 11.8. The second kappa shape index (κ2) is 5.45. The van der Waals surface area contributed by atoms with Gasteiger partial charge in [-0.3, -0.25) is 0 Å². The van der Waals surface area contributed by atoms with E-state index < -0.39 is 11.8 Å². The van der Waals surface area contributed by atoms with Crippen molar-refractivity contribution in [1.29, 1.82) is 5.26 Å². The maximum Gasteiger partial charge on any atom is 0.340 e. The molecule has 0 aliphatic rings. The van der Waals surface area contributed by atoms with Crippen LogP contribution in [0, 0.1) is 17.1 Å². The van der Waals surface area contributed by atoms with Crippen LogP contribution in [0.3, 0.4) is 0 Å². The molecule has 0 fully saturated rings. The fraction of sp³-hybridized carbons (Fsp3) is 0.143.